The third kappa shape index (κ3) is 1.17. The molecule has 2 aliphatic heterocycles. The molecule has 2 fully saturated rings. The number of carbonyl (C=O) groups excluding carboxylic acids is 1. The van der Waals surface area contributed by atoms with Gasteiger partial charge in [0.25, 0.3) is 0 Å². The van der Waals surface area contributed by atoms with Crippen LogP contribution in [0.25, 0.3) is 0 Å². The highest BCUT2D eigenvalue weighted by molar-refractivity contribution is 5.89. The second-order valence-corrected chi connectivity index (χ2v) is 4.02. The van der Waals surface area contributed by atoms with Crippen molar-refractivity contribution in [2.45, 2.75) is 24.8 Å². The Morgan fingerprint density at radius 3 is 3.00 bits per heavy atom. The Morgan fingerprint density at radius 2 is 2.42 bits per heavy atom. The highest BCUT2D eigenvalue weighted by Crippen LogP contribution is 2.25. The van der Waals surface area contributed by atoms with Gasteiger partial charge in [-0.25, -0.2) is 0 Å². The van der Waals surface area contributed by atoms with Crippen LogP contribution in [0, 0.1) is 0 Å². The smallest absolute Gasteiger partial charge is 0.154 e. The Kier molecular flexibility index (Phi) is 1.93. The molecule has 0 aliphatic carbocycles. The van der Waals surface area contributed by atoms with Crippen LogP contribution < -0.4 is 5.32 Å². The van der Waals surface area contributed by atoms with E-state index in [-0.39, 0.29) is 5.54 Å². The van der Waals surface area contributed by atoms with Gasteiger partial charge in [-0.05, 0) is 26.4 Å². The zero-order valence-corrected chi connectivity index (χ0v) is 7.60. The molecule has 0 bridgehead atoms. The predicted octanol–water partition coefficient (Wildman–Crippen LogP) is 0.0132. The molecular formula is C9H16N2O. The average Bonchev–Trinajstić information content (AvgIpc) is 2.41. The van der Waals surface area contributed by atoms with Crippen molar-refractivity contribution in [1.29, 1.82) is 0 Å². The summed E-state index contributed by atoms with van der Waals surface area (Å²) in [6.07, 6.45) is 2.80. The largest absolute Gasteiger partial charge is 0.304 e. The number of nitrogens with one attached hydrogen (secondary N) is 1. The summed E-state index contributed by atoms with van der Waals surface area (Å²) in [7, 11) is 2.08. The minimum Gasteiger partial charge on any atom is -0.304 e. The minimum atomic E-state index is -0.160. The molecule has 1 spiro atoms. The molecule has 2 saturated heterocycles. The quantitative estimate of drug-likeness (QED) is 0.553. The summed E-state index contributed by atoms with van der Waals surface area (Å²) in [5, 5.41) is 3.38. The van der Waals surface area contributed by atoms with Crippen molar-refractivity contribution in [3.8, 4) is 0 Å². The molecule has 3 nitrogen and oxygen atoms in total. The Morgan fingerprint density at radius 1 is 1.58 bits per heavy atom. The molecule has 12 heavy (non-hydrogen) atoms. The lowest BCUT2D eigenvalue weighted by Gasteiger charge is -2.32. The van der Waals surface area contributed by atoms with Gasteiger partial charge in [-0.15, -0.1) is 0 Å². The van der Waals surface area contributed by atoms with E-state index in [1.165, 1.54) is 0 Å². The van der Waals surface area contributed by atoms with Crippen LogP contribution in [0.4, 0.5) is 0 Å². The van der Waals surface area contributed by atoms with Crippen LogP contribution in [0.1, 0.15) is 19.3 Å². The Balaban J connectivity index is 2.13. The fourth-order valence-corrected chi connectivity index (χ4v) is 2.29. The van der Waals surface area contributed by atoms with Gasteiger partial charge in [0.2, 0.25) is 0 Å². The van der Waals surface area contributed by atoms with E-state index in [0.717, 1.165) is 38.9 Å². The van der Waals surface area contributed by atoms with Crippen molar-refractivity contribution in [3.05, 3.63) is 0 Å². The van der Waals surface area contributed by atoms with Gasteiger partial charge in [0, 0.05) is 19.5 Å². The van der Waals surface area contributed by atoms with Crippen LogP contribution in [-0.2, 0) is 4.79 Å². The van der Waals surface area contributed by atoms with E-state index in [0.29, 0.717) is 5.78 Å². The number of likely N-dealkylation sites (tertiary alicyclic amines) is 1. The number of piperidine rings is 1. The number of rotatable bonds is 0. The van der Waals surface area contributed by atoms with Crippen molar-refractivity contribution < 1.29 is 4.79 Å². The second-order valence-electron chi connectivity index (χ2n) is 4.02. The Hall–Kier alpha value is -0.410. The van der Waals surface area contributed by atoms with Gasteiger partial charge in [-0.2, -0.15) is 0 Å². The monoisotopic (exact) mass is 168 g/mol. The molecule has 2 rings (SSSR count). The number of likely N-dealkylation sites (N-methyl/N-ethyl adjacent to an activating group) is 1. The number of ketones is 1. The third-order valence-electron chi connectivity index (χ3n) is 3.04. The predicted molar refractivity (Wildman–Crippen MR) is 47.1 cm³/mol. The van der Waals surface area contributed by atoms with Crippen LogP contribution in [0.2, 0.25) is 0 Å². The van der Waals surface area contributed by atoms with Gasteiger partial charge in [0.1, 0.15) is 0 Å². The second kappa shape index (κ2) is 2.82. The van der Waals surface area contributed by atoms with E-state index in [1.54, 1.807) is 0 Å². The molecular weight excluding hydrogens is 152 g/mol. The normalized spacial score (nSPS) is 37.9. The highest BCUT2D eigenvalue weighted by atomic mass is 16.1. The number of carbonyl (C=O) groups is 1. The Labute approximate surface area is 73.1 Å². The molecule has 0 radical (unpaired) electrons. The lowest BCUT2D eigenvalue weighted by molar-refractivity contribution is -0.126. The van der Waals surface area contributed by atoms with Crippen LogP contribution in [0.5, 0.6) is 0 Å². The van der Waals surface area contributed by atoms with Crippen LogP contribution in [-0.4, -0.2) is 42.9 Å². The van der Waals surface area contributed by atoms with Gasteiger partial charge >= 0.3 is 0 Å². The van der Waals surface area contributed by atoms with Crippen LogP contribution >= 0.6 is 0 Å². The number of Topliss-reactive ketones (excluding diaryl/α,β-unsaturated/α-hetero) is 1. The molecule has 1 unspecified atom stereocenters. The summed E-state index contributed by atoms with van der Waals surface area (Å²) >= 11 is 0. The van der Waals surface area contributed by atoms with Gasteiger partial charge in [0.05, 0.1) is 5.54 Å². The molecule has 68 valence electrons. The molecule has 3 heteroatoms. The first kappa shape index (κ1) is 8.20. The summed E-state index contributed by atoms with van der Waals surface area (Å²) in [5.74, 6) is 0.429. The lowest BCUT2D eigenvalue weighted by atomic mass is 9.87. The van der Waals surface area contributed by atoms with Crippen LogP contribution in [0.3, 0.4) is 0 Å². The molecule has 2 heterocycles. The van der Waals surface area contributed by atoms with Gasteiger partial charge in [-0.1, -0.05) is 0 Å². The summed E-state index contributed by atoms with van der Waals surface area (Å²) in [4.78, 5) is 13.9. The SMILES string of the molecule is CN1CCC2(C1)NCCCC2=O. The molecule has 0 saturated carbocycles. The van der Waals surface area contributed by atoms with Crippen molar-refractivity contribution in [3.63, 3.8) is 0 Å². The zero-order chi connectivity index (χ0) is 8.60. The molecule has 1 atom stereocenters. The highest BCUT2D eigenvalue weighted by Gasteiger charge is 2.43. The maximum Gasteiger partial charge on any atom is 0.154 e. The van der Waals surface area contributed by atoms with Crippen molar-refractivity contribution in [2.24, 2.45) is 0 Å². The molecule has 0 aromatic carbocycles. The van der Waals surface area contributed by atoms with Gasteiger partial charge in [-0.3, -0.25) is 4.79 Å². The average molecular weight is 168 g/mol. The van der Waals surface area contributed by atoms with Crippen molar-refractivity contribution in [1.82, 2.24) is 10.2 Å². The summed E-state index contributed by atoms with van der Waals surface area (Å²) in [5.41, 5.74) is -0.160. The minimum absolute atomic E-state index is 0.160. The first-order chi connectivity index (χ1) is 5.73. The fraction of sp³-hybridized carbons (Fsp3) is 0.889. The van der Waals surface area contributed by atoms with Gasteiger partial charge in [0.15, 0.2) is 5.78 Å². The van der Waals surface area contributed by atoms with E-state index in [4.69, 9.17) is 0 Å². The topological polar surface area (TPSA) is 32.3 Å². The zero-order valence-electron chi connectivity index (χ0n) is 7.60. The molecule has 0 aromatic heterocycles. The van der Waals surface area contributed by atoms with E-state index in [1.807, 2.05) is 0 Å². The van der Waals surface area contributed by atoms with E-state index in [2.05, 4.69) is 17.3 Å². The summed E-state index contributed by atoms with van der Waals surface area (Å²) < 4.78 is 0. The third-order valence-corrected chi connectivity index (χ3v) is 3.04. The van der Waals surface area contributed by atoms with E-state index in [9.17, 15) is 4.79 Å². The molecule has 0 aromatic rings. The van der Waals surface area contributed by atoms with Crippen molar-refractivity contribution >= 4 is 5.78 Å². The maximum absolute atomic E-state index is 11.7. The number of hydrogen-bond acceptors (Lipinski definition) is 3. The number of hydrogen-bond donors (Lipinski definition) is 1. The number of nitrogens with zero attached hydrogens (tertiary/aromatic N) is 1. The van der Waals surface area contributed by atoms with Gasteiger partial charge < -0.3 is 10.2 Å². The Bertz CT molecular complexity index is 201. The van der Waals surface area contributed by atoms with E-state index < -0.39 is 0 Å². The fourth-order valence-electron chi connectivity index (χ4n) is 2.29. The first-order valence-electron chi connectivity index (χ1n) is 4.70. The summed E-state index contributed by atoms with van der Waals surface area (Å²) in [6.45, 7) is 2.98. The van der Waals surface area contributed by atoms with Crippen molar-refractivity contribution in [2.75, 3.05) is 26.7 Å². The lowest BCUT2D eigenvalue weighted by Crippen LogP contribution is -2.56. The van der Waals surface area contributed by atoms with E-state index >= 15 is 0 Å². The molecule has 1 N–H and O–H groups in total. The maximum atomic E-state index is 11.7. The molecule has 0 amide bonds. The summed E-state index contributed by atoms with van der Waals surface area (Å²) in [6, 6.07) is 0. The molecule has 2 aliphatic rings. The van der Waals surface area contributed by atoms with Crippen LogP contribution in [0.15, 0.2) is 0 Å². The standard InChI is InChI=1S/C9H16N2O/c1-11-6-4-9(7-11)8(12)3-2-5-10-9/h10H,2-7H2,1H3. The first-order valence-corrected chi connectivity index (χ1v) is 4.70.